The largest absolute Gasteiger partial charge is 0.381 e. The van der Waals surface area contributed by atoms with Crippen molar-refractivity contribution in [2.45, 2.75) is 19.4 Å². The molecule has 1 aromatic heterocycles. The van der Waals surface area contributed by atoms with Crippen molar-refractivity contribution in [3.05, 3.63) is 40.7 Å². The van der Waals surface area contributed by atoms with Gasteiger partial charge >= 0.3 is 0 Å². The zero-order valence-electron chi connectivity index (χ0n) is 10.5. The number of non-ortho nitro benzene ring substituents is 1. The van der Waals surface area contributed by atoms with Crippen LogP contribution in [0.1, 0.15) is 13.3 Å². The van der Waals surface area contributed by atoms with Crippen LogP contribution in [-0.4, -0.2) is 15.9 Å². The number of aromatic nitrogens is 1. The van der Waals surface area contributed by atoms with Gasteiger partial charge in [0.25, 0.3) is 5.69 Å². The Hall–Kier alpha value is -2.61. The molecule has 5 heteroatoms. The average Bonchev–Trinajstić information content (AvgIpc) is 2.39. The van der Waals surface area contributed by atoms with E-state index in [2.05, 4.69) is 16.2 Å². The van der Waals surface area contributed by atoms with Crippen molar-refractivity contribution < 1.29 is 4.92 Å². The maximum atomic E-state index is 11.0. The predicted octanol–water partition coefficient (Wildman–Crippen LogP) is 2.97. The van der Waals surface area contributed by atoms with E-state index in [0.29, 0.717) is 11.8 Å². The van der Waals surface area contributed by atoms with Crippen molar-refractivity contribution in [3.63, 3.8) is 0 Å². The van der Waals surface area contributed by atoms with E-state index >= 15 is 0 Å². The van der Waals surface area contributed by atoms with Gasteiger partial charge in [-0.25, -0.2) is 0 Å². The van der Waals surface area contributed by atoms with Crippen LogP contribution in [0.5, 0.6) is 0 Å². The van der Waals surface area contributed by atoms with Gasteiger partial charge < -0.3 is 5.32 Å². The molecular weight excluding hydrogens is 242 g/mol. The fraction of sp³-hybridized carbons (Fsp3) is 0.214. The number of benzene rings is 1. The van der Waals surface area contributed by atoms with E-state index in [4.69, 9.17) is 6.42 Å². The summed E-state index contributed by atoms with van der Waals surface area (Å²) in [7, 11) is 0. The maximum Gasteiger partial charge on any atom is 0.278 e. The standard InChI is InChI=1S/C14H13N3O2/c1-3-4-10(2)16-13-5-6-14(17(18)19)12-9-15-8-7-11(12)13/h1,5-10,16H,4H2,2H3. The van der Waals surface area contributed by atoms with Gasteiger partial charge in [0.05, 0.1) is 10.3 Å². The number of nitrogens with zero attached hydrogens (tertiary/aromatic N) is 2. The summed E-state index contributed by atoms with van der Waals surface area (Å²) in [5, 5.41) is 15.5. The van der Waals surface area contributed by atoms with E-state index in [-0.39, 0.29) is 11.7 Å². The lowest BCUT2D eigenvalue weighted by Gasteiger charge is -2.14. The molecule has 0 saturated heterocycles. The molecule has 1 heterocycles. The van der Waals surface area contributed by atoms with E-state index < -0.39 is 4.92 Å². The second-order valence-corrected chi connectivity index (χ2v) is 4.26. The maximum absolute atomic E-state index is 11.0. The quantitative estimate of drug-likeness (QED) is 0.518. The van der Waals surface area contributed by atoms with Crippen molar-refractivity contribution in [2.75, 3.05) is 5.32 Å². The summed E-state index contributed by atoms with van der Waals surface area (Å²) in [6.45, 7) is 1.97. The van der Waals surface area contributed by atoms with Gasteiger partial charge in [0.1, 0.15) is 0 Å². The number of nitro benzene ring substituents is 1. The Balaban J connectivity index is 2.50. The molecule has 0 fully saturated rings. The Labute approximate surface area is 110 Å². The lowest BCUT2D eigenvalue weighted by molar-refractivity contribution is -0.383. The highest BCUT2D eigenvalue weighted by Gasteiger charge is 2.14. The molecule has 2 aromatic rings. The number of terminal acetylenes is 1. The van der Waals surface area contributed by atoms with Crippen molar-refractivity contribution in [3.8, 4) is 12.3 Å². The first-order valence-corrected chi connectivity index (χ1v) is 5.84. The molecule has 0 saturated carbocycles. The molecule has 0 aliphatic carbocycles. The van der Waals surface area contributed by atoms with E-state index in [1.54, 1.807) is 18.3 Å². The second-order valence-electron chi connectivity index (χ2n) is 4.26. The van der Waals surface area contributed by atoms with Gasteiger partial charge in [-0.05, 0) is 19.1 Å². The molecule has 1 atom stereocenters. The highest BCUT2D eigenvalue weighted by atomic mass is 16.6. The van der Waals surface area contributed by atoms with Gasteiger partial charge in [-0.15, -0.1) is 12.3 Å². The molecule has 0 bridgehead atoms. The summed E-state index contributed by atoms with van der Waals surface area (Å²) in [6, 6.07) is 5.04. The minimum absolute atomic E-state index is 0.0539. The fourth-order valence-corrected chi connectivity index (χ4v) is 1.95. The molecule has 2 rings (SSSR count). The summed E-state index contributed by atoms with van der Waals surface area (Å²) in [5.74, 6) is 2.58. The Bertz CT molecular complexity index is 661. The second kappa shape index (κ2) is 5.36. The normalized spacial score (nSPS) is 11.8. The number of nitrogens with one attached hydrogen (secondary N) is 1. The number of nitro groups is 1. The topological polar surface area (TPSA) is 68.1 Å². The molecule has 1 N–H and O–H groups in total. The first kappa shape index (κ1) is 12.8. The van der Waals surface area contributed by atoms with Crippen LogP contribution in [0.25, 0.3) is 10.8 Å². The molecule has 19 heavy (non-hydrogen) atoms. The van der Waals surface area contributed by atoms with Gasteiger partial charge in [-0.2, -0.15) is 0 Å². The summed E-state index contributed by atoms with van der Waals surface area (Å²) >= 11 is 0. The van der Waals surface area contributed by atoms with Gasteiger partial charge in [-0.3, -0.25) is 15.1 Å². The van der Waals surface area contributed by atoms with E-state index in [1.807, 2.05) is 6.92 Å². The molecular formula is C14H13N3O2. The molecule has 5 nitrogen and oxygen atoms in total. The lowest BCUT2D eigenvalue weighted by atomic mass is 10.1. The summed E-state index contributed by atoms with van der Waals surface area (Å²) < 4.78 is 0. The predicted molar refractivity (Wildman–Crippen MR) is 74.9 cm³/mol. The monoisotopic (exact) mass is 255 g/mol. The van der Waals surface area contributed by atoms with Crippen molar-refractivity contribution in [2.24, 2.45) is 0 Å². The smallest absolute Gasteiger partial charge is 0.278 e. The first-order chi connectivity index (χ1) is 9.13. The Kier molecular flexibility index (Phi) is 3.62. The Morgan fingerprint density at radius 2 is 2.26 bits per heavy atom. The third kappa shape index (κ3) is 2.63. The molecule has 0 amide bonds. The third-order valence-corrected chi connectivity index (χ3v) is 2.82. The fourth-order valence-electron chi connectivity index (χ4n) is 1.95. The SMILES string of the molecule is C#CCC(C)Nc1ccc([N+](=O)[O-])c2cnccc12. The van der Waals surface area contributed by atoms with Gasteiger partial charge in [-0.1, -0.05) is 0 Å². The molecule has 0 aliphatic heterocycles. The molecule has 1 unspecified atom stereocenters. The number of hydrogen-bond acceptors (Lipinski definition) is 4. The zero-order valence-corrected chi connectivity index (χ0v) is 10.5. The van der Waals surface area contributed by atoms with Crippen molar-refractivity contribution in [1.82, 2.24) is 4.98 Å². The number of hydrogen-bond donors (Lipinski definition) is 1. The highest BCUT2D eigenvalue weighted by Crippen LogP contribution is 2.31. The van der Waals surface area contributed by atoms with E-state index in [9.17, 15) is 10.1 Å². The van der Waals surface area contributed by atoms with Crippen LogP contribution >= 0.6 is 0 Å². The van der Waals surface area contributed by atoms with Gasteiger partial charge in [0.2, 0.25) is 0 Å². The molecule has 0 spiro atoms. The van der Waals surface area contributed by atoms with Crippen LogP contribution in [0, 0.1) is 22.5 Å². The zero-order chi connectivity index (χ0) is 13.8. The average molecular weight is 255 g/mol. The number of anilines is 1. The number of fused-ring (bicyclic) bond motifs is 1. The van der Waals surface area contributed by atoms with Gasteiger partial charge in [0, 0.05) is 42.0 Å². The molecule has 1 aromatic carbocycles. The number of rotatable bonds is 4. The number of pyridine rings is 1. The molecule has 0 aliphatic rings. The first-order valence-electron chi connectivity index (χ1n) is 5.84. The van der Waals surface area contributed by atoms with Crippen LogP contribution < -0.4 is 5.32 Å². The minimum atomic E-state index is -0.404. The summed E-state index contributed by atoms with van der Waals surface area (Å²) in [4.78, 5) is 14.5. The van der Waals surface area contributed by atoms with Crippen LogP contribution in [0.2, 0.25) is 0 Å². The van der Waals surface area contributed by atoms with Crippen molar-refractivity contribution in [1.29, 1.82) is 0 Å². The van der Waals surface area contributed by atoms with E-state index in [1.165, 1.54) is 12.3 Å². The lowest BCUT2D eigenvalue weighted by Crippen LogP contribution is -2.14. The van der Waals surface area contributed by atoms with Crippen molar-refractivity contribution >= 4 is 22.1 Å². The van der Waals surface area contributed by atoms with E-state index in [0.717, 1.165) is 11.1 Å². The summed E-state index contributed by atoms with van der Waals surface area (Å²) in [6.07, 6.45) is 8.98. The minimum Gasteiger partial charge on any atom is -0.381 e. The highest BCUT2D eigenvalue weighted by molar-refractivity contribution is 5.99. The van der Waals surface area contributed by atoms with Crippen LogP contribution in [-0.2, 0) is 0 Å². The Morgan fingerprint density at radius 3 is 2.95 bits per heavy atom. The van der Waals surface area contributed by atoms with Crippen LogP contribution in [0.3, 0.4) is 0 Å². The third-order valence-electron chi connectivity index (χ3n) is 2.82. The summed E-state index contributed by atoms with van der Waals surface area (Å²) in [5.41, 5.74) is 0.879. The van der Waals surface area contributed by atoms with Crippen LogP contribution in [0.4, 0.5) is 11.4 Å². The molecule has 96 valence electrons. The van der Waals surface area contributed by atoms with Gasteiger partial charge in [0.15, 0.2) is 0 Å². The van der Waals surface area contributed by atoms with Crippen LogP contribution in [0.15, 0.2) is 30.6 Å². The Morgan fingerprint density at radius 1 is 1.47 bits per heavy atom. The molecule has 0 radical (unpaired) electrons.